The van der Waals surface area contributed by atoms with Crippen molar-refractivity contribution in [3.8, 4) is 51.7 Å². The smallest absolute Gasteiger partial charge is 0.305 e. The Morgan fingerprint density at radius 2 is 1.37 bits per heavy atom. The van der Waals surface area contributed by atoms with E-state index in [1.54, 1.807) is 12.1 Å². The fourth-order valence-electron chi connectivity index (χ4n) is 6.03. The largest absolute Gasteiger partial charge is 0.508 e. The van der Waals surface area contributed by atoms with E-state index in [1.807, 2.05) is 0 Å². The highest BCUT2D eigenvalue weighted by Gasteiger charge is 2.59. The molecular formula is C30H24O11. The number of hydrogen-bond acceptors (Lipinski definition) is 11. The predicted octanol–water partition coefficient (Wildman–Crippen LogP) is 3.09. The summed E-state index contributed by atoms with van der Waals surface area (Å²) in [6.07, 6.45) is -3.39. The maximum Gasteiger partial charge on any atom is 0.305 e. The van der Waals surface area contributed by atoms with E-state index in [4.69, 9.17) is 14.2 Å². The summed E-state index contributed by atoms with van der Waals surface area (Å²) < 4.78 is 18.8. The quantitative estimate of drug-likeness (QED) is 0.168. The molecule has 7 rings (SSSR count). The van der Waals surface area contributed by atoms with Crippen molar-refractivity contribution in [1.82, 2.24) is 0 Å². The Morgan fingerprint density at radius 3 is 2.10 bits per heavy atom. The fourth-order valence-corrected chi connectivity index (χ4v) is 6.03. The van der Waals surface area contributed by atoms with Crippen molar-refractivity contribution in [3.05, 3.63) is 88.5 Å². The lowest BCUT2D eigenvalue weighted by molar-refractivity contribution is -0.219. The molecule has 0 aliphatic carbocycles. The van der Waals surface area contributed by atoms with Crippen molar-refractivity contribution in [2.45, 2.75) is 36.4 Å². The number of aliphatic hydroxyl groups is 2. The van der Waals surface area contributed by atoms with E-state index in [9.17, 15) is 40.9 Å². The van der Waals surface area contributed by atoms with Crippen LogP contribution >= 0.6 is 0 Å². The first kappa shape index (κ1) is 25.0. The van der Waals surface area contributed by atoms with Crippen LogP contribution < -0.4 is 14.2 Å². The summed E-state index contributed by atoms with van der Waals surface area (Å²) in [4.78, 5) is 0. The molecule has 0 radical (unpaired) electrons. The van der Waals surface area contributed by atoms with Gasteiger partial charge in [0.1, 0.15) is 41.0 Å². The van der Waals surface area contributed by atoms with Crippen molar-refractivity contribution in [1.29, 1.82) is 0 Å². The zero-order valence-corrected chi connectivity index (χ0v) is 21.1. The second-order valence-electron chi connectivity index (χ2n) is 10.4. The molecule has 0 aromatic heterocycles. The van der Waals surface area contributed by atoms with E-state index in [0.29, 0.717) is 16.7 Å². The van der Waals surface area contributed by atoms with Gasteiger partial charge in [-0.15, -0.1) is 0 Å². The second-order valence-corrected chi connectivity index (χ2v) is 10.4. The first-order valence-electron chi connectivity index (χ1n) is 12.7. The number of ether oxygens (including phenoxy) is 3. The first-order chi connectivity index (χ1) is 19.6. The lowest BCUT2D eigenvalue weighted by Gasteiger charge is -2.50. The molecule has 210 valence electrons. The minimum Gasteiger partial charge on any atom is -0.508 e. The molecule has 11 nitrogen and oxygen atoms in total. The Hall–Kier alpha value is -5.00. The van der Waals surface area contributed by atoms with Crippen LogP contribution in [0.25, 0.3) is 0 Å². The molecule has 2 bridgehead atoms. The third-order valence-electron chi connectivity index (χ3n) is 7.92. The average Bonchev–Trinajstić information content (AvgIpc) is 2.91. The molecule has 5 atom stereocenters. The first-order valence-corrected chi connectivity index (χ1v) is 12.7. The summed E-state index contributed by atoms with van der Waals surface area (Å²) in [6.45, 7) is 0. The number of phenols is 6. The predicted molar refractivity (Wildman–Crippen MR) is 140 cm³/mol. The van der Waals surface area contributed by atoms with Gasteiger partial charge in [0, 0.05) is 35.2 Å². The molecular weight excluding hydrogens is 536 g/mol. The summed E-state index contributed by atoms with van der Waals surface area (Å²) in [5.74, 6) is -4.77. The van der Waals surface area contributed by atoms with Gasteiger partial charge in [-0.05, 0) is 47.5 Å². The molecule has 8 N–H and O–H groups in total. The number of phenolic OH excluding ortho intramolecular Hbond substituents is 6. The third kappa shape index (κ3) is 3.52. The van der Waals surface area contributed by atoms with E-state index in [1.165, 1.54) is 42.5 Å². The van der Waals surface area contributed by atoms with E-state index >= 15 is 0 Å². The maximum absolute atomic E-state index is 11.9. The molecule has 4 aromatic rings. The van der Waals surface area contributed by atoms with Gasteiger partial charge in [-0.2, -0.15) is 0 Å². The SMILES string of the molecule is Oc1cc(O)c2c(c1)O[C@@]1(c3ccc(O)c(O)c3)Oc3ccc4c(c3[C@@H]2[C@H]1O)O[C@@H](c1ccc(O)c(O)c1)[C@H](O)C4. The fraction of sp³-hybridized carbons (Fsp3) is 0.200. The minimum absolute atomic E-state index is 0.00414. The van der Waals surface area contributed by atoms with Crippen LogP contribution in [-0.2, 0) is 12.2 Å². The topological polar surface area (TPSA) is 190 Å². The Balaban J connectivity index is 1.45. The zero-order chi connectivity index (χ0) is 28.8. The highest BCUT2D eigenvalue weighted by Crippen LogP contribution is 2.61. The van der Waals surface area contributed by atoms with Crippen LogP contribution in [0.3, 0.4) is 0 Å². The van der Waals surface area contributed by atoms with Gasteiger partial charge in [-0.1, -0.05) is 12.1 Å². The van der Waals surface area contributed by atoms with E-state index < -0.39 is 41.5 Å². The van der Waals surface area contributed by atoms with Gasteiger partial charge in [0.25, 0.3) is 0 Å². The van der Waals surface area contributed by atoms with Crippen LogP contribution in [0, 0.1) is 0 Å². The summed E-state index contributed by atoms with van der Waals surface area (Å²) in [7, 11) is 0. The lowest BCUT2D eigenvalue weighted by atomic mass is 9.74. The van der Waals surface area contributed by atoms with Crippen molar-refractivity contribution in [2.24, 2.45) is 0 Å². The molecule has 3 heterocycles. The number of aromatic hydroxyl groups is 6. The van der Waals surface area contributed by atoms with Crippen molar-refractivity contribution in [2.75, 3.05) is 0 Å². The van der Waals surface area contributed by atoms with Crippen molar-refractivity contribution >= 4 is 0 Å². The molecule has 0 fully saturated rings. The molecule has 3 aliphatic rings. The maximum atomic E-state index is 11.9. The minimum atomic E-state index is -1.97. The van der Waals surface area contributed by atoms with Crippen LogP contribution in [0.1, 0.15) is 39.8 Å². The number of fused-ring (bicyclic) bond motifs is 8. The second kappa shape index (κ2) is 8.50. The molecule has 0 amide bonds. The third-order valence-corrected chi connectivity index (χ3v) is 7.92. The van der Waals surface area contributed by atoms with Gasteiger partial charge in [-0.25, -0.2) is 0 Å². The van der Waals surface area contributed by atoms with Gasteiger partial charge in [-0.3, -0.25) is 0 Å². The van der Waals surface area contributed by atoms with Gasteiger partial charge >= 0.3 is 5.79 Å². The normalized spacial score (nSPS) is 25.5. The van der Waals surface area contributed by atoms with Crippen LogP contribution in [-0.4, -0.2) is 53.1 Å². The Kier molecular flexibility index (Phi) is 5.18. The number of rotatable bonds is 2. The van der Waals surface area contributed by atoms with Crippen LogP contribution in [0.4, 0.5) is 0 Å². The highest BCUT2D eigenvalue weighted by molar-refractivity contribution is 5.65. The molecule has 0 saturated heterocycles. The number of aliphatic hydroxyl groups excluding tert-OH is 2. The van der Waals surface area contributed by atoms with E-state index in [0.717, 1.165) is 6.07 Å². The Bertz CT molecular complexity index is 1730. The molecule has 0 spiro atoms. The molecule has 4 aromatic carbocycles. The van der Waals surface area contributed by atoms with Gasteiger partial charge in [0.15, 0.2) is 23.0 Å². The van der Waals surface area contributed by atoms with E-state index in [2.05, 4.69) is 0 Å². The van der Waals surface area contributed by atoms with Crippen molar-refractivity contribution < 1.29 is 55.1 Å². The Labute approximate surface area is 231 Å². The summed E-state index contributed by atoms with van der Waals surface area (Å²) >= 11 is 0. The molecule has 3 aliphatic heterocycles. The van der Waals surface area contributed by atoms with Gasteiger partial charge < -0.3 is 55.1 Å². The standard InChI is InChI=1S/C30H24O11/c31-15-10-20(36)24-23(11-15)41-30(14-3-5-17(33)19(35)9-14)29(38)26(24)25-22(40-30)6-2-13-8-21(37)27(39-28(13)25)12-1-4-16(32)18(34)7-12/h1-7,9-11,21,26-27,29,31-38H,8H2/t21-,26-,27+,29-,30-/m1/s1. The molecule has 11 heteroatoms. The highest BCUT2D eigenvalue weighted by atomic mass is 16.7. The molecule has 41 heavy (non-hydrogen) atoms. The summed E-state index contributed by atoms with van der Waals surface area (Å²) in [6, 6.07) is 13.6. The van der Waals surface area contributed by atoms with Crippen LogP contribution in [0.2, 0.25) is 0 Å². The number of hydrogen-bond donors (Lipinski definition) is 8. The van der Waals surface area contributed by atoms with Crippen molar-refractivity contribution in [3.63, 3.8) is 0 Å². The average molecular weight is 561 g/mol. The lowest BCUT2D eigenvalue weighted by Crippen LogP contribution is -2.57. The Morgan fingerprint density at radius 1 is 0.659 bits per heavy atom. The zero-order valence-electron chi connectivity index (χ0n) is 21.1. The van der Waals surface area contributed by atoms with Crippen LogP contribution in [0.15, 0.2) is 60.7 Å². The molecule has 0 unspecified atom stereocenters. The number of benzene rings is 4. The van der Waals surface area contributed by atoms with Crippen LogP contribution in [0.5, 0.6) is 51.7 Å². The van der Waals surface area contributed by atoms with Gasteiger partial charge in [0.2, 0.25) is 0 Å². The summed E-state index contributed by atoms with van der Waals surface area (Å²) in [5, 5.41) is 84.0. The van der Waals surface area contributed by atoms with E-state index in [-0.39, 0.29) is 57.8 Å². The van der Waals surface area contributed by atoms with Gasteiger partial charge in [0.05, 0.1) is 12.0 Å². The molecule has 0 saturated carbocycles. The summed E-state index contributed by atoms with van der Waals surface area (Å²) in [5.41, 5.74) is 1.63. The monoisotopic (exact) mass is 560 g/mol.